The van der Waals surface area contributed by atoms with Gasteiger partial charge in [0.25, 0.3) is 0 Å². The van der Waals surface area contributed by atoms with Crippen molar-refractivity contribution < 1.29 is 9.90 Å². The van der Waals surface area contributed by atoms with Crippen molar-refractivity contribution in [3.63, 3.8) is 0 Å². The van der Waals surface area contributed by atoms with Crippen molar-refractivity contribution >= 4 is 17.7 Å². The Morgan fingerprint density at radius 2 is 2.00 bits per heavy atom. The van der Waals surface area contributed by atoms with Crippen LogP contribution in [0.3, 0.4) is 0 Å². The third kappa shape index (κ3) is 8.91. The summed E-state index contributed by atoms with van der Waals surface area (Å²) < 4.78 is 0. The molecule has 1 aromatic rings. The van der Waals surface area contributed by atoms with Gasteiger partial charge in [-0.2, -0.15) is 11.8 Å². The van der Waals surface area contributed by atoms with Gasteiger partial charge in [0, 0.05) is 19.4 Å². The number of amides is 1. The van der Waals surface area contributed by atoms with Crippen LogP contribution in [0.1, 0.15) is 51.5 Å². The Hall–Kier alpha value is -1.26. The van der Waals surface area contributed by atoms with Crippen LogP contribution >= 0.6 is 11.8 Å². The summed E-state index contributed by atoms with van der Waals surface area (Å²) >= 11 is 1.82. The van der Waals surface area contributed by atoms with Gasteiger partial charge in [-0.1, -0.05) is 62.8 Å². The fourth-order valence-electron chi connectivity index (χ4n) is 3.00. The number of piperidine rings is 1. The van der Waals surface area contributed by atoms with Crippen LogP contribution in [0.25, 0.3) is 0 Å². The maximum Gasteiger partial charge on any atom is 0.223 e. The summed E-state index contributed by atoms with van der Waals surface area (Å²) in [5.41, 5.74) is 1.13. The molecular weight excluding hydrogens is 342 g/mol. The summed E-state index contributed by atoms with van der Waals surface area (Å²) in [6.07, 6.45) is 11.0. The molecule has 0 bridgehead atoms. The predicted octanol–water partition coefficient (Wildman–Crippen LogP) is 4.70. The zero-order valence-electron chi connectivity index (χ0n) is 16.6. The molecule has 1 fully saturated rings. The maximum absolute atomic E-state index is 12.2. The lowest BCUT2D eigenvalue weighted by Gasteiger charge is -2.34. The Kier molecular flexibility index (Phi) is 12.2. The number of aliphatic hydroxyl groups excluding tert-OH is 1. The van der Waals surface area contributed by atoms with Crippen molar-refractivity contribution in [2.75, 3.05) is 18.6 Å². The number of carbonyl (C=O) groups is 1. The molecule has 1 unspecified atom stereocenters. The topological polar surface area (TPSA) is 40.5 Å². The van der Waals surface area contributed by atoms with E-state index in [1.165, 1.54) is 6.42 Å². The number of nitrogens with zero attached hydrogens (tertiary/aromatic N) is 1. The van der Waals surface area contributed by atoms with Crippen LogP contribution in [0.5, 0.6) is 0 Å². The molecule has 1 heterocycles. The summed E-state index contributed by atoms with van der Waals surface area (Å²) in [7, 11) is 0. The van der Waals surface area contributed by atoms with Crippen molar-refractivity contribution in [2.45, 2.75) is 64.5 Å². The third-order valence-corrected chi connectivity index (χ3v) is 4.90. The summed E-state index contributed by atoms with van der Waals surface area (Å²) in [4.78, 5) is 14.1. The van der Waals surface area contributed by atoms with E-state index in [1.54, 1.807) is 0 Å². The number of hydrogen-bond donors (Lipinski definition) is 1. The van der Waals surface area contributed by atoms with Gasteiger partial charge in [-0.3, -0.25) is 4.79 Å². The van der Waals surface area contributed by atoms with Gasteiger partial charge >= 0.3 is 0 Å². The Bertz CT molecular complexity index is 518. The monoisotopic (exact) mass is 377 g/mol. The molecule has 0 aromatic heterocycles. The van der Waals surface area contributed by atoms with E-state index in [4.69, 9.17) is 0 Å². The Morgan fingerprint density at radius 1 is 1.31 bits per heavy atom. The minimum absolute atomic E-state index is 0.142. The second-order valence-corrected chi connectivity index (χ2v) is 7.73. The van der Waals surface area contributed by atoms with Gasteiger partial charge in [0.1, 0.15) is 0 Å². The normalized spacial score (nSPS) is 18.5. The lowest BCUT2D eigenvalue weighted by atomic mass is 9.99. The fraction of sp³-hybridized carbons (Fsp3) is 0.591. The molecule has 26 heavy (non-hydrogen) atoms. The molecular formula is C22H35NO2S. The molecule has 0 spiro atoms. The molecule has 0 radical (unpaired) electrons. The highest BCUT2D eigenvalue weighted by Gasteiger charge is 2.25. The molecule has 4 heteroatoms. The van der Waals surface area contributed by atoms with E-state index in [0.29, 0.717) is 12.8 Å². The van der Waals surface area contributed by atoms with Crippen LogP contribution in [0, 0.1) is 0 Å². The first-order valence-corrected chi connectivity index (χ1v) is 11.2. The smallest absolute Gasteiger partial charge is 0.223 e. The molecule has 1 amide bonds. The zero-order valence-corrected chi connectivity index (χ0v) is 17.4. The molecule has 0 saturated carbocycles. The van der Waals surface area contributed by atoms with Gasteiger partial charge in [0.05, 0.1) is 12.1 Å². The van der Waals surface area contributed by atoms with E-state index in [1.807, 2.05) is 59.1 Å². The first-order valence-electron chi connectivity index (χ1n) is 9.81. The quantitative estimate of drug-likeness (QED) is 0.527. The van der Waals surface area contributed by atoms with Crippen LogP contribution < -0.4 is 0 Å². The minimum Gasteiger partial charge on any atom is -0.389 e. The number of likely N-dealkylation sites (tertiary alicyclic amines) is 1. The number of rotatable bonds is 8. The van der Waals surface area contributed by atoms with Crippen LogP contribution in [0.2, 0.25) is 0 Å². The van der Waals surface area contributed by atoms with Crippen molar-refractivity contribution in [1.82, 2.24) is 4.90 Å². The van der Waals surface area contributed by atoms with E-state index in [0.717, 1.165) is 37.1 Å². The van der Waals surface area contributed by atoms with Gasteiger partial charge in [-0.05, 0) is 36.8 Å². The lowest BCUT2D eigenvalue weighted by molar-refractivity contribution is -0.135. The van der Waals surface area contributed by atoms with E-state index in [-0.39, 0.29) is 11.9 Å². The second kappa shape index (κ2) is 13.9. The Labute approximate surface area is 163 Å². The molecule has 1 saturated heterocycles. The number of aliphatic hydroxyl groups is 1. The number of hydrogen-bond acceptors (Lipinski definition) is 3. The first-order chi connectivity index (χ1) is 12.6. The molecule has 2 rings (SSSR count). The van der Waals surface area contributed by atoms with Crippen LogP contribution in [0.15, 0.2) is 42.5 Å². The van der Waals surface area contributed by atoms with Crippen molar-refractivity contribution in [1.29, 1.82) is 0 Å². The SMILES string of the molecule is CCC.CSCCCN1C(=O)CCC[C@@H]1/C=C/C(O)Cc1ccccc1. The highest BCUT2D eigenvalue weighted by molar-refractivity contribution is 7.98. The average molecular weight is 378 g/mol. The van der Waals surface area contributed by atoms with Gasteiger partial charge in [0.15, 0.2) is 0 Å². The van der Waals surface area contributed by atoms with Crippen LogP contribution in [0.4, 0.5) is 0 Å². The summed E-state index contributed by atoms with van der Waals surface area (Å²) in [6, 6.07) is 10.1. The number of carbonyl (C=O) groups excluding carboxylic acids is 1. The number of thioether (sulfide) groups is 1. The highest BCUT2D eigenvalue weighted by Crippen LogP contribution is 2.20. The maximum atomic E-state index is 12.2. The molecule has 1 aliphatic rings. The van der Waals surface area contributed by atoms with Gasteiger partial charge in [0.2, 0.25) is 5.91 Å². The Morgan fingerprint density at radius 3 is 2.65 bits per heavy atom. The van der Waals surface area contributed by atoms with Crippen molar-refractivity contribution in [2.24, 2.45) is 0 Å². The minimum atomic E-state index is -0.498. The molecule has 1 aromatic carbocycles. The third-order valence-electron chi connectivity index (χ3n) is 4.20. The van der Waals surface area contributed by atoms with E-state index >= 15 is 0 Å². The largest absolute Gasteiger partial charge is 0.389 e. The first kappa shape index (κ1) is 22.8. The standard InChI is InChI=1S/C19H27NO2S.C3H8/c1-23-14-6-13-20-17(9-5-10-19(20)22)11-12-18(21)15-16-7-3-2-4-8-16;1-3-2/h2-4,7-8,11-12,17-18,21H,5-6,9-10,13-15H2,1H3;3H2,1-2H3/b12-11+;/t17-,18?;/m1./s1. The zero-order chi connectivity index (χ0) is 19.2. The molecule has 0 aliphatic carbocycles. The van der Waals surface area contributed by atoms with Crippen molar-refractivity contribution in [3.8, 4) is 0 Å². The molecule has 1 aliphatic heterocycles. The molecule has 1 N–H and O–H groups in total. The predicted molar refractivity (Wildman–Crippen MR) is 114 cm³/mol. The highest BCUT2D eigenvalue weighted by atomic mass is 32.2. The lowest BCUT2D eigenvalue weighted by Crippen LogP contribution is -2.43. The average Bonchev–Trinajstić information content (AvgIpc) is 2.63. The molecule has 2 atom stereocenters. The van der Waals surface area contributed by atoms with E-state index in [2.05, 4.69) is 20.1 Å². The second-order valence-electron chi connectivity index (χ2n) is 6.74. The summed E-state index contributed by atoms with van der Waals surface area (Å²) in [5.74, 6) is 1.33. The Balaban J connectivity index is 0.00000105. The molecule has 3 nitrogen and oxygen atoms in total. The van der Waals surface area contributed by atoms with Gasteiger partial charge in [-0.25, -0.2) is 0 Å². The van der Waals surface area contributed by atoms with Crippen molar-refractivity contribution in [3.05, 3.63) is 48.0 Å². The van der Waals surface area contributed by atoms with E-state index < -0.39 is 6.10 Å². The van der Waals surface area contributed by atoms with Crippen LogP contribution in [-0.2, 0) is 11.2 Å². The van der Waals surface area contributed by atoms with Gasteiger partial charge in [-0.15, -0.1) is 0 Å². The summed E-state index contributed by atoms with van der Waals surface area (Å²) in [5, 5.41) is 10.2. The summed E-state index contributed by atoms with van der Waals surface area (Å²) in [6.45, 7) is 5.07. The van der Waals surface area contributed by atoms with E-state index in [9.17, 15) is 9.90 Å². The van der Waals surface area contributed by atoms with Crippen LogP contribution in [-0.4, -0.2) is 46.6 Å². The molecule has 146 valence electrons. The fourth-order valence-corrected chi connectivity index (χ4v) is 3.41. The number of benzene rings is 1. The van der Waals surface area contributed by atoms with Gasteiger partial charge < -0.3 is 10.0 Å².